The zero-order valence-corrected chi connectivity index (χ0v) is 14.7. The van der Waals surface area contributed by atoms with Crippen LogP contribution in [0.25, 0.3) is 0 Å². The van der Waals surface area contributed by atoms with Crippen LogP contribution in [0.2, 0.25) is 0 Å². The molecule has 1 saturated heterocycles. The minimum absolute atomic E-state index is 0. The van der Waals surface area contributed by atoms with Gasteiger partial charge in [-0.3, -0.25) is 10.1 Å². The Bertz CT molecular complexity index is 755. The van der Waals surface area contributed by atoms with Crippen LogP contribution < -0.4 is 25.8 Å². The van der Waals surface area contributed by atoms with Crippen LogP contribution in [0.1, 0.15) is 12.5 Å². The lowest BCUT2D eigenvalue weighted by Crippen LogP contribution is -2.41. The number of hydrogen-bond acceptors (Lipinski definition) is 6. The van der Waals surface area contributed by atoms with Gasteiger partial charge < -0.3 is 15.8 Å². The minimum atomic E-state index is -3.79. The molecule has 11 heteroatoms. The van der Waals surface area contributed by atoms with Crippen LogP contribution in [0.5, 0.6) is 5.75 Å². The monoisotopic (exact) mass is 378 g/mol. The molecule has 0 spiro atoms. The normalized spacial score (nSPS) is 20.1. The molecule has 1 aromatic carbocycles. The Kier molecular flexibility index (Phi) is 6.17. The Morgan fingerprint density at radius 3 is 2.50 bits per heavy atom. The summed E-state index contributed by atoms with van der Waals surface area (Å²) in [5, 5.41) is 4.60. The van der Waals surface area contributed by atoms with Crippen molar-refractivity contribution in [3.63, 3.8) is 0 Å². The van der Waals surface area contributed by atoms with Crippen molar-refractivity contribution >= 4 is 34.4 Å². The van der Waals surface area contributed by atoms with Gasteiger partial charge in [-0.25, -0.2) is 17.9 Å². The van der Waals surface area contributed by atoms with E-state index in [0.717, 1.165) is 0 Å². The van der Waals surface area contributed by atoms with E-state index in [4.69, 9.17) is 10.5 Å². The first-order valence-electron chi connectivity index (χ1n) is 6.76. The first-order valence-corrected chi connectivity index (χ1v) is 8.25. The van der Waals surface area contributed by atoms with Crippen molar-refractivity contribution in [2.24, 2.45) is 5.73 Å². The van der Waals surface area contributed by atoms with Crippen molar-refractivity contribution in [2.45, 2.75) is 17.4 Å². The Hall–Kier alpha value is -1.88. The summed E-state index contributed by atoms with van der Waals surface area (Å²) in [6.07, 6.45) is 0. The quantitative estimate of drug-likeness (QED) is 0.488. The lowest BCUT2D eigenvalue weighted by molar-refractivity contribution is -0.123. The van der Waals surface area contributed by atoms with Gasteiger partial charge in [0.05, 0.1) is 12.0 Å². The molecule has 9 nitrogen and oxygen atoms in total. The van der Waals surface area contributed by atoms with E-state index in [1.54, 1.807) is 0 Å². The van der Waals surface area contributed by atoms with Gasteiger partial charge >= 0.3 is 6.03 Å². The number of carbonyl (C=O) groups excluding carboxylic acids is 2. The lowest BCUT2D eigenvalue weighted by Gasteiger charge is -2.24. The molecule has 1 unspecified atom stereocenters. The fourth-order valence-corrected chi connectivity index (χ4v) is 3.33. The highest BCUT2D eigenvalue weighted by molar-refractivity contribution is 7.89. The van der Waals surface area contributed by atoms with Gasteiger partial charge in [-0.2, -0.15) is 0 Å². The van der Waals surface area contributed by atoms with Gasteiger partial charge in [0.1, 0.15) is 11.3 Å². The van der Waals surface area contributed by atoms with E-state index < -0.39 is 27.5 Å². The summed E-state index contributed by atoms with van der Waals surface area (Å²) in [6, 6.07) is 3.41. The fourth-order valence-electron chi connectivity index (χ4n) is 2.25. The SMILES string of the molecule is COc1ccc(S(=O)(=O)NCCN)cc1C1(C)NC(=O)NC1=O.Cl. The first-order chi connectivity index (χ1) is 10.7. The molecule has 0 aromatic heterocycles. The van der Waals surface area contributed by atoms with Crippen molar-refractivity contribution in [1.82, 2.24) is 15.4 Å². The summed E-state index contributed by atoms with van der Waals surface area (Å²) < 4.78 is 31.9. The molecule has 1 atom stereocenters. The molecular weight excluding hydrogens is 360 g/mol. The predicted molar refractivity (Wildman–Crippen MR) is 88.5 cm³/mol. The maximum atomic E-state index is 12.2. The standard InChI is InChI=1S/C13H18N4O5S.ClH/c1-13(11(18)16-12(19)17-13)9-7-8(3-4-10(9)22-2)23(20,21)15-6-5-14;/h3-4,7,15H,5-6,14H2,1-2H3,(H2,16,17,18,19);1H. The third kappa shape index (κ3) is 3.61. The second-order valence-corrected chi connectivity index (χ2v) is 6.85. The molecule has 24 heavy (non-hydrogen) atoms. The zero-order chi connectivity index (χ0) is 17.3. The van der Waals surface area contributed by atoms with Crippen LogP contribution in [-0.4, -0.2) is 40.6 Å². The number of benzene rings is 1. The highest BCUT2D eigenvalue weighted by Gasteiger charge is 2.45. The topological polar surface area (TPSA) is 140 Å². The zero-order valence-electron chi connectivity index (χ0n) is 13.1. The van der Waals surface area contributed by atoms with Crippen molar-refractivity contribution in [1.29, 1.82) is 0 Å². The van der Waals surface area contributed by atoms with E-state index in [1.165, 1.54) is 32.2 Å². The van der Waals surface area contributed by atoms with Gasteiger partial charge in [-0.1, -0.05) is 0 Å². The number of methoxy groups -OCH3 is 1. The van der Waals surface area contributed by atoms with Gasteiger partial charge in [0.25, 0.3) is 5.91 Å². The molecule has 2 rings (SSSR count). The van der Waals surface area contributed by atoms with Crippen LogP contribution in [-0.2, 0) is 20.4 Å². The number of rotatable bonds is 6. The Balaban J connectivity index is 0.00000288. The molecule has 0 bridgehead atoms. The van der Waals surface area contributed by atoms with Gasteiger partial charge in [0, 0.05) is 18.7 Å². The maximum absolute atomic E-state index is 12.2. The average Bonchev–Trinajstić information content (AvgIpc) is 2.78. The van der Waals surface area contributed by atoms with Crippen molar-refractivity contribution in [3.05, 3.63) is 23.8 Å². The smallest absolute Gasteiger partial charge is 0.322 e. The van der Waals surface area contributed by atoms with E-state index in [-0.39, 0.29) is 41.7 Å². The second kappa shape index (κ2) is 7.34. The summed E-state index contributed by atoms with van der Waals surface area (Å²) in [5.74, 6) is -0.312. The Labute approximate surface area is 145 Å². The number of imide groups is 1. The summed E-state index contributed by atoms with van der Waals surface area (Å²) in [7, 11) is -2.40. The molecule has 1 heterocycles. The molecule has 134 valence electrons. The largest absolute Gasteiger partial charge is 0.496 e. The number of halogens is 1. The molecule has 0 radical (unpaired) electrons. The van der Waals surface area contributed by atoms with Crippen LogP contribution >= 0.6 is 12.4 Å². The molecule has 0 aliphatic carbocycles. The second-order valence-electron chi connectivity index (χ2n) is 5.08. The van der Waals surface area contributed by atoms with Crippen molar-refractivity contribution in [3.8, 4) is 5.75 Å². The number of ether oxygens (including phenoxy) is 1. The first kappa shape index (κ1) is 20.2. The molecular formula is C13H19ClN4O5S. The number of hydrogen-bond donors (Lipinski definition) is 4. The molecule has 1 aliphatic heterocycles. The van der Waals surface area contributed by atoms with Gasteiger partial charge in [-0.05, 0) is 25.1 Å². The average molecular weight is 379 g/mol. The summed E-state index contributed by atoms with van der Waals surface area (Å²) in [6.45, 7) is 1.70. The molecule has 1 aliphatic rings. The maximum Gasteiger partial charge on any atom is 0.322 e. The highest BCUT2D eigenvalue weighted by atomic mass is 35.5. The van der Waals surface area contributed by atoms with E-state index in [1.807, 2.05) is 0 Å². The summed E-state index contributed by atoms with van der Waals surface area (Å²) >= 11 is 0. The predicted octanol–water partition coefficient (Wildman–Crippen LogP) is -0.591. The van der Waals surface area contributed by atoms with Crippen LogP contribution in [0.4, 0.5) is 4.79 Å². The van der Waals surface area contributed by atoms with Gasteiger partial charge in [0.2, 0.25) is 10.0 Å². The number of nitrogens with two attached hydrogens (primary N) is 1. The third-order valence-electron chi connectivity index (χ3n) is 3.50. The van der Waals surface area contributed by atoms with Gasteiger partial charge in [-0.15, -0.1) is 12.4 Å². The van der Waals surface area contributed by atoms with Gasteiger partial charge in [0.15, 0.2) is 0 Å². The number of nitrogens with one attached hydrogen (secondary N) is 3. The van der Waals surface area contributed by atoms with E-state index in [0.29, 0.717) is 0 Å². The molecule has 1 aromatic rings. The van der Waals surface area contributed by atoms with E-state index >= 15 is 0 Å². The van der Waals surface area contributed by atoms with Crippen molar-refractivity contribution in [2.75, 3.05) is 20.2 Å². The van der Waals surface area contributed by atoms with E-state index in [9.17, 15) is 18.0 Å². The van der Waals surface area contributed by atoms with Crippen LogP contribution in [0.3, 0.4) is 0 Å². The molecule has 5 N–H and O–H groups in total. The fraction of sp³-hybridized carbons (Fsp3) is 0.385. The number of urea groups is 1. The number of amides is 3. The molecule has 1 fully saturated rings. The third-order valence-corrected chi connectivity index (χ3v) is 4.96. The number of carbonyl (C=O) groups is 2. The van der Waals surface area contributed by atoms with E-state index in [2.05, 4.69) is 15.4 Å². The highest BCUT2D eigenvalue weighted by Crippen LogP contribution is 2.34. The van der Waals surface area contributed by atoms with Crippen LogP contribution in [0, 0.1) is 0 Å². The molecule has 3 amide bonds. The van der Waals surface area contributed by atoms with Crippen molar-refractivity contribution < 1.29 is 22.7 Å². The van der Waals surface area contributed by atoms with Crippen LogP contribution in [0.15, 0.2) is 23.1 Å². The summed E-state index contributed by atoms with van der Waals surface area (Å²) in [5.41, 5.74) is 4.10. The molecule has 0 saturated carbocycles. The Morgan fingerprint density at radius 2 is 2.00 bits per heavy atom. The number of sulfonamides is 1. The lowest BCUT2D eigenvalue weighted by atomic mass is 9.91. The minimum Gasteiger partial charge on any atom is -0.496 e. The Morgan fingerprint density at radius 1 is 1.33 bits per heavy atom. The summed E-state index contributed by atoms with van der Waals surface area (Å²) in [4.78, 5) is 23.5.